The lowest BCUT2D eigenvalue weighted by atomic mass is 10.2. The standard InChI is InChI=1S/C20H24FN5O3/c1-27-14-8-7-13(10-15(14)28-2)11-22-18-17-19(25-20(21)24-18)26(12-23-17)16-6-4-3-5-9-29-16/h7-8,10,12,16H,3-6,9,11H2,1-2H3,(H,22,24,25). The van der Waals surface area contributed by atoms with E-state index in [2.05, 4.69) is 20.3 Å². The van der Waals surface area contributed by atoms with Gasteiger partial charge < -0.3 is 19.5 Å². The molecular weight excluding hydrogens is 377 g/mol. The lowest BCUT2D eigenvalue weighted by Crippen LogP contribution is -2.12. The first-order valence-electron chi connectivity index (χ1n) is 9.66. The number of hydrogen-bond acceptors (Lipinski definition) is 7. The molecule has 0 aliphatic carbocycles. The largest absolute Gasteiger partial charge is 0.493 e. The number of hydrogen-bond donors (Lipinski definition) is 1. The molecular formula is C20H24FN5O3. The highest BCUT2D eigenvalue weighted by molar-refractivity contribution is 5.82. The molecule has 1 aliphatic rings. The van der Waals surface area contributed by atoms with Crippen molar-refractivity contribution in [1.82, 2.24) is 19.5 Å². The van der Waals surface area contributed by atoms with Crippen molar-refractivity contribution in [3.63, 3.8) is 0 Å². The van der Waals surface area contributed by atoms with E-state index in [1.807, 2.05) is 18.2 Å². The normalized spacial score (nSPS) is 17.1. The van der Waals surface area contributed by atoms with Crippen LogP contribution in [0.4, 0.5) is 10.2 Å². The molecule has 29 heavy (non-hydrogen) atoms. The second-order valence-corrected chi connectivity index (χ2v) is 6.88. The number of nitrogens with zero attached hydrogens (tertiary/aromatic N) is 4. The van der Waals surface area contributed by atoms with Crippen LogP contribution < -0.4 is 14.8 Å². The second kappa shape index (κ2) is 8.60. The van der Waals surface area contributed by atoms with E-state index in [-0.39, 0.29) is 6.23 Å². The van der Waals surface area contributed by atoms with Crippen LogP contribution in [-0.4, -0.2) is 40.3 Å². The Morgan fingerprint density at radius 3 is 2.86 bits per heavy atom. The van der Waals surface area contributed by atoms with Crippen LogP contribution in [-0.2, 0) is 11.3 Å². The van der Waals surface area contributed by atoms with E-state index in [4.69, 9.17) is 14.2 Å². The highest BCUT2D eigenvalue weighted by atomic mass is 19.1. The number of nitrogens with one attached hydrogen (secondary N) is 1. The van der Waals surface area contributed by atoms with Crippen LogP contribution in [0.25, 0.3) is 11.2 Å². The summed E-state index contributed by atoms with van der Waals surface area (Å²) >= 11 is 0. The summed E-state index contributed by atoms with van der Waals surface area (Å²) in [4.78, 5) is 12.3. The highest BCUT2D eigenvalue weighted by Gasteiger charge is 2.20. The molecule has 4 rings (SSSR count). The van der Waals surface area contributed by atoms with Crippen LogP contribution in [0.2, 0.25) is 0 Å². The fraction of sp³-hybridized carbons (Fsp3) is 0.450. The number of halogens is 1. The minimum Gasteiger partial charge on any atom is -0.493 e. The van der Waals surface area contributed by atoms with Crippen molar-refractivity contribution >= 4 is 17.0 Å². The predicted octanol–water partition coefficient (Wildman–Crippen LogP) is 3.68. The molecule has 3 aromatic rings. The summed E-state index contributed by atoms with van der Waals surface area (Å²) in [6, 6.07) is 5.59. The maximum atomic E-state index is 14.2. The van der Waals surface area contributed by atoms with Gasteiger partial charge in [0.2, 0.25) is 0 Å². The van der Waals surface area contributed by atoms with Gasteiger partial charge in [-0.25, -0.2) is 4.98 Å². The van der Waals surface area contributed by atoms with Crippen LogP contribution in [0.3, 0.4) is 0 Å². The van der Waals surface area contributed by atoms with E-state index in [0.717, 1.165) is 31.2 Å². The fourth-order valence-corrected chi connectivity index (χ4v) is 3.52. The van der Waals surface area contributed by atoms with Crippen LogP contribution in [0.5, 0.6) is 11.5 Å². The Bertz CT molecular complexity index is 986. The quantitative estimate of drug-likeness (QED) is 0.631. The van der Waals surface area contributed by atoms with Crippen LogP contribution in [0.15, 0.2) is 24.5 Å². The van der Waals surface area contributed by atoms with Crippen molar-refractivity contribution in [2.24, 2.45) is 0 Å². The molecule has 1 aromatic carbocycles. The average Bonchev–Trinajstić information content (AvgIpc) is 2.97. The molecule has 0 radical (unpaired) electrons. The number of fused-ring (bicyclic) bond motifs is 1. The van der Waals surface area contributed by atoms with Crippen molar-refractivity contribution in [3.05, 3.63) is 36.2 Å². The Morgan fingerprint density at radius 2 is 2.03 bits per heavy atom. The number of benzene rings is 1. The molecule has 154 valence electrons. The van der Waals surface area contributed by atoms with Gasteiger partial charge in [0.15, 0.2) is 28.5 Å². The van der Waals surface area contributed by atoms with Crippen molar-refractivity contribution in [2.45, 2.75) is 38.5 Å². The molecule has 3 heterocycles. The number of aromatic nitrogens is 4. The smallest absolute Gasteiger partial charge is 0.312 e. The van der Waals surface area contributed by atoms with E-state index in [0.29, 0.717) is 41.6 Å². The summed E-state index contributed by atoms with van der Waals surface area (Å²) < 4.78 is 32.5. The molecule has 0 saturated carbocycles. The molecule has 0 amide bonds. The van der Waals surface area contributed by atoms with E-state index in [1.165, 1.54) is 0 Å². The Kier molecular flexibility index (Phi) is 5.75. The molecule has 1 saturated heterocycles. The van der Waals surface area contributed by atoms with Crippen molar-refractivity contribution < 1.29 is 18.6 Å². The van der Waals surface area contributed by atoms with Gasteiger partial charge in [-0.05, 0) is 37.0 Å². The predicted molar refractivity (Wildman–Crippen MR) is 106 cm³/mol. The van der Waals surface area contributed by atoms with Crippen LogP contribution in [0.1, 0.15) is 37.5 Å². The number of rotatable bonds is 6. The van der Waals surface area contributed by atoms with Gasteiger partial charge in [0, 0.05) is 13.2 Å². The molecule has 8 nitrogen and oxygen atoms in total. The summed E-state index contributed by atoms with van der Waals surface area (Å²) in [6.45, 7) is 1.10. The van der Waals surface area contributed by atoms with Gasteiger partial charge in [-0.2, -0.15) is 14.4 Å². The minimum atomic E-state index is -0.803. The van der Waals surface area contributed by atoms with Crippen LogP contribution >= 0.6 is 0 Å². The maximum absolute atomic E-state index is 14.2. The first-order valence-corrected chi connectivity index (χ1v) is 9.66. The molecule has 1 N–H and O–H groups in total. The topological polar surface area (TPSA) is 83.3 Å². The number of methoxy groups -OCH3 is 2. The average molecular weight is 401 g/mol. The number of ether oxygens (including phenoxy) is 3. The lowest BCUT2D eigenvalue weighted by Gasteiger charge is -2.17. The summed E-state index contributed by atoms with van der Waals surface area (Å²) in [7, 11) is 3.17. The highest BCUT2D eigenvalue weighted by Crippen LogP contribution is 2.29. The van der Waals surface area contributed by atoms with Crippen molar-refractivity contribution in [2.75, 3.05) is 26.1 Å². The molecule has 0 spiro atoms. The Labute approximate surface area is 168 Å². The minimum absolute atomic E-state index is 0.185. The summed E-state index contributed by atoms with van der Waals surface area (Å²) in [5.74, 6) is 1.61. The van der Waals surface area contributed by atoms with Gasteiger partial charge in [-0.15, -0.1) is 0 Å². The van der Waals surface area contributed by atoms with Gasteiger partial charge in [0.05, 0.1) is 20.5 Å². The van der Waals surface area contributed by atoms with Crippen molar-refractivity contribution in [3.8, 4) is 11.5 Å². The molecule has 2 aromatic heterocycles. The Hall–Kier alpha value is -2.94. The van der Waals surface area contributed by atoms with E-state index in [1.54, 1.807) is 25.1 Å². The van der Waals surface area contributed by atoms with Gasteiger partial charge in [0.25, 0.3) is 0 Å². The lowest BCUT2D eigenvalue weighted by molar-refractivity contribution is 0.00928. The first-order chi connectivity index (χ1) is 14.2. The third-order valence-corrected chi connectivity index (χ3v) is 5.02. The maximum Gasteiger partial charge on any atom is 0.312 e. The Balaban J connectivity index is 1.59. The third kappa shape index (κ3) is 4.09. The zero-order chi connectivity index (χ0) is 20.2. The molecule has 1 aliphatic heterocycles. The summed E-state index contributed by atoms with van der Waals surface area (Å²) in [5.41, 5.74) is 1.88. The van der Waals surface area contributed by atoms with Gasteiger partial charge in [-0.3, -0.25) is 4.57 Å². The molecule has 9 heteroatoms. The SMILES string of the molecule is COc1ccc(CNc2nc(F)nc3c2ncn3C2CCCCCO2)cc1OC. The molecule has 0 bridgehead atoms. The fourth-order valence-electron chi connectivity index (χ4n) is 3.52. The third-order valence-electron chi connectivity index (χ3n) is 5.02. The second-order valence-electron chi connectivity index (χ2n) is 6.88. The summed E-state index contributed by atoms with van der Waals surface area (Å²) in [6.07, 6.45) is 4.73. The van der Waals surface area contributed by atoms with Gasteiger partial charge in [-0.1, -0.05) is 12.5 Å². The van der Waals surface area contributed by atoms with E-state index < -0.39 is 6.08 Å². The molecule has 1 fully saturated rings. The number of imidazole rings is 1. The zero-order valence-corrected chi connectivity index (χ0v) is 16.5. The molecule has 1 atom stereocenters. The molecule has 1 unspecified atom stereocenters. The van der Waals surface area contributed by atoms with Gasteiger partial charge in [0.1, 0.15) is 6.23 Å². The Morgan fingerprint density at radius 1 is 1.17 bits per heavy atom. The first kappa shape index (κ1) is 19.4. The summed E-state index contributed by atoms with van der Waals surface area (Å²) in [5, 5.41) is 3.16. The van der Waals surface area contributed by atoms with Crippen molar-refractivity contribution in [1.29, 1.82) is 0 Å². The number of anilines is 1. The zero-order valence-electron chi connectivity index (χ0n) is 16.5. The van der Waals surface area contributed by atoms with E-state index in [9.17, 15) is 4.39 Å². The van der Waals surface area contributed by atoms with E-state index >= 15 is 0 Å². The monoisotopic (exact) mass is 401 g/mol. The van der Waals surface area contributed by atoms with Gasteiger partial charge >= 0.3 is 6.08 Å². The van der Waals surface area contributed by atoms with Crippen LogP contribution in [0, 0.1) is 6.08 Å².